The summed E-state index contributed by atoms with van der Waals surface area (Å²) >= 11 is 4.74. The van der Waals surface area contributed by atoms with Crippen molar-refractivity contribution in [1.82, 2.24) is 4.98 Å². The first-order chi connectivity index (χ1) is 9.36. The zero-order valence-corrected chi connectivity index (χ0v) is 10.8. The molecule has 0 aliphatic carbocycles. The van der Waals surface area contributed by atoms with Gasteiger partial charge >= 0.3 is 6.18 Å². The monoisotopic (exact) mass is 298 g/mol. The number of hydrogen-bond donors (Lipinski definition) is 1. The van der Waals surface area contributed by atoms with Crippen LogP contribution in [0.3, 0.4) is 0 Å². The van der Waals surface area contributed by atoms with Gasteiger partial charge in [-0.3, -0.25) is 0 Å². The van der Waals surface area contributed by atoms with Gasteiger partial charge < -0.3 is 10.5 Å². The van der Waals surface area contributed by atoms with Gasteiger partial charge in [-0.05, 0) is 30.3 Å². The number of aromatic nitrogens is 1. The first-order valence-electron chi connectivity index (χ1n) is 5.47. The van der Waals surface area contributed by atoms with E-state index in [1.165, 1.54) is 30.5 Å². The molecule has 0 amide bonds. The second-order valence-corrected chi connectivity index (χ2v) is 4.31. The van der Waals surface area contributed by atoms with Crippen LogP contribution in [0.25, 0.3) is 0 Å². The fourth-order valence-electron chi connectivity index (χ4n) is 1.46. The van der Waals surface area contributed by atoms with E-state index in [1.807, 2.05) is 0 Å². The van der Waals surface area contributed by atoms with Crippen molar-refractivity contribution >= 4 is 17.2 Å². The highest BCUT2D eigenvalue weighted by molar-refractivity contribution is 7.80. The molecule has 0 spiro atoms. The lowest BCUT2D eigenvalue weighted by Crippen LogP contribution is -2.10. The van der Waals surface area contributed by atoms with Crippen molar-refractivity contribution in [2.24, 2.45) is 5.73 Å². The minimum Gasteiger partial charge on any atom is -0.456 e. The third-order valence-electron chi connectivity index (χ3n) is 2.39. The second-order valence-electron chi connectivity index (χ2n) is 3.87. The van der Waals surface area contributed by atoms with Gasteiger partial charge in [0.2, 0.25) is 0 Å². The van der Waals surface area contributed by atoms with Crippen molar-refractivity contribution in [1.29, 1.82) is 0 Å². The molecule has 0 aliphatic rings. The Morgan fingerprint density at radius 1 is 1.15 bits per heavy atom. The van der Waals surface area contributed by atoms with Crippen molar-refractivity contribution in [3.05, 3.63) is 53.9 Å². The van der Waals surface area contributed by atoms with Gasteiger partial charge in [-0.15, -0.1) is 0 Å². The molecule has 2 aromatic rings. The van der Waals surface area contributed by atoms with Gasteiger partial charge in [0.25, 0.3) is 0 Å². The van der Waals surface area contributed by atoms with E-state index < -0.39 is 11.7 Å². The van der Waals surface area contributed by atoms with Crippen LogP contribution in [0.15, 0.2) is 42.6 Å². The standard InChI is InChI=1S/C13H9F3N2OS/c14-13(15,16)8-2-1-3-9(6-8)19-10-4-5-11(12(17)20)18-7-10/h1-7H,(H2,17,20). The van der Waals surface area contributed by atoms with Crippen LogP contribution >= 0.6 is 12.2 Å². The average molecular weight is 298 g/mol. The third-order valence-corrected chi connectivity index (χ3v) is 2.59. The summed E-state index contributed by atoms with van der Waals surface area (Å²) in [4.78, 5) is 4.07. The number of rotatable bonds is 3. The molecule has 104 valence electrons. The molecule has 2 rings (SSSR count). The molecule has 0 aliphatic heterocycles. The van der Waals surface area contributed by atoms with E-state index in [0.29, 0.717) is 11.4 Å². The molecular formula is C13H9F3N2OS. The lowest BCUT2D eigenvalue weighted by atomic mass is 10.2. The predicted molar refractivity (Wildman–Crippen MR) is 71.6 cm³/mol. The maximum absolute atomic E-state index is 12.6. The number of nitrogens with two attached hydrogens (primary N) is 1. The summed E-state index contributed by atoms with van der Waals surface area (Å²) in [7, 11) is 0. The number of alkyl halides is 3. The van der Waals surface area contributed by atoms with Gasteiger partial charge in [0.1, 0.15) is 16.5 Å². The Kier molecular flexibility index (Phi) is 3.89. The van der Waals surface area contributed by atoms with Gasteiger partial charge in [-0.1, -0.05) is 18.3 Å². The largest absolute Gasteiger partial charge is 0.456 e. The summed E-state index contributed by atoms with van der Waals surface area (Å²) < 4.78 is 43.0. The quantitative estimate of drug-likeness (QED) is 0.881. The van der Waals surface area contributed by atoms with Gasteiger partial charge in [0.05, 0.1) is 17.5 Å². The lowest BCUT2D eigenvalue weighted by Gasteiger charge is -2.10. The first-order valence-corrected chi connectivity index (χ1v) is 5.88. The van der Waals surface area contributed by atoms with Crippen LogP contribution < -0.4 is 10.5 Å². The Bertz CT molecular complexity index is 626. The van der Waals surface area contributed by atoms with Gasteiger partial charge in [-0.2, -0.15) is 13.2 Å². The van der Waals surface area contributed by atoms with Gasteiger partial charge in [-0.25, -0.2) is 4.98 Å². The molecule has 7 heteroatoms. The van der Waals surface area contributed by atoms with Crippen LogP contribution in [0.2, 0.25) is 0 Å². The highest BCUT2D eigenvalue weighted by atomic mass is 32.1. The zero-order valence-electron chi connectivity index (χ0n) is 10.0. The Labute approximate surface area is 118 Å². The van der Waals surface area contributed by atoms with E-state index in [-0.39, 0.29) is 10.7 Å². The number of hydrogen-bond acceptors (Lipinski definition) is 3. The molecule has 0 atom stereocenters. The number of nitrogens with zero attached hydrogens (tertiary/aromatic N) is 1. The number of ether oxygens (including phenoxy) is 1. The van der Waals surface area contributed by atoms with Crippen LogP contribution in [0, 0.1) is 0 Å². The molecule has 1 aromatic carbocycles. The van der Waals surface area contributed by atoms with Crippen LogP contribution in [0.4, 0.5) is 13.2 Å². The Morgan fingerprint density at radius 2 is 1.90 bits per heavy atom. The summed E-state index contributed by atoms with van der Waals surface area (Å²) in [6, 6.07) is 7.65. The van der Waals surface area contributed by atoms with E-state index in [0.717, 1.165) is 12.1 Å². The minimum absolute atomic E-state index is 0.0738. The van der Waals surface area contributed by atoms with Crippen molar-refractivity contribution in [2.75, 3.05) is 0 Å². The van der Waals surface area contributed by atoms with Crippen LogP contribution in [0.1, 0.15) is 11.3 Å². The van der Waals surface area contributed by atoms with Crippen molar-refractivity contribution < 1.29 is 17.9 Å². The second kappa shape index (κ2) is 5.46. The minimum atomic E-state index is -4.41. The first kappa shape index (κ1) is 14.3. The number of benzene rings is 1. The maximum atomic E-state index is 12.6. The summed E-state index contributed by atoms with van der Waals surface area (Å²) in [5.41, 5.74) is 5.03. The van der Waals surface area contributed by atoms with Gasteiger partial charge in [0.15, 0.2) is 0 Å². The van der Waals surface area contributed by atoms with Gasteiger partial charge in [0, 0.05) is 0 Å². The summed E-state index contributed by atoms with van der Waals surface area (Å²) in [6.07, 6.45) is -3.07. The number of pyridine rings is 1. The Balaban J connectivity index is 2.20. The smallest absolute Gasteiger partial charge is 0.416 e. The van der Waals surface area contributed by atoms with Crippen molar-refractivity contribution in [3.8, 4) is 11.5 Å². The lowest BCUT2D eigenvalue weighted by molar-refractivity contribution is -0.137. The summed E-state index contributed by atoms with van der Waals surface area (Å²) in [5.74, 6) is 0.369. The fourth-order valence-corrected chi connectivity index (χ4v) is 1.58. The molecule has 0 saturated carbocycles. The molecule has 0 radical (unpaired) electrons. The molecule has 20 heavy (non-hydrogen) atoms. The number of halogens is 3. The summed E-state index contributed by atoms with van der Waals surface area (Å²) in [6.45, 7) is 0. The van der Waals surface area contributed by atoms with E-state index in [9.17, 15) is 13.2 Å². The average Bonchev–Trinajstić information content (AvgIpc) is 2.38. The van der Waals surface area contributed by atoms with Crippen molar-refractivity contribution in [3.63, 3.8) is 0 Å². The molecule has 1 heterocycles. The molecule has 0 unspecified atom stereocenters. The van der Waals surface area contributed by atoms with Crippen molar-refractivity contribution in [2.45, 2.75) is 6.18 Å². The fraction of sp³-hybridized carbons (Fsp3) is 0.0769. The van der Waals surface area contributed by atoms with E-state index in [2.05, 4.69) is 4.98 Å². The maximum Gasteiger partial charge on any atom is 0.416 e. The van der Waals surface area contributed by atoms with E-state index in [1.54, 1.807) is 0 Å². The Morgan fingerprint density at radius 3 is 2.45 bits per heavy atom. The zero-order chi connectivity index (χ0) is 14.8. The molecule has 2 N–H and O–H groups in total. The molecule has 0 fully saturated rings. The SMILES string of the molecule is NC(=S)c1ccc(Oc2cccc(C(F)(F)F)c2)cn1. The molecular weight excluding hydrogens is 289 g/mol. The molecule has 0 saturated heterocycles. The highest BCUT2D eigenvalue weighted by Crippen LogP contribution is 2.32. The van der Waals surface area contributed by atoms with Crippen LogP contribution in [-0.2, 0) is 6.18 Å². The summed E-state index contributed by atoms with van der Waals surface area (Å²) in [5, 5.41) is 0. The molecule has 0 bridgehead atoms. The normalized spacial score (nSPS) is 11.2. The topological polar surface area (TPSA) is 48.1 Å². The van der Waals surface area contributed by atoms with E-state index >= 15 is 0 Å². The van der Waals surface area contributed by atoms with Crippen LogP contribution in [0.5, 0.6) is 11.5 Å². The highest BCUT2D eigenvalue weighted by Gasteiger charge is 2.30. The predicted octanol–water partition coefficient (Wildman–Crippen LogP) is 3.53. The van der Waals surface area contributed by atoms with E-state index in [4.69, 9.17) is 22.7 Å². The number of thiocarbonyl (C=S) groups is 1. The molecule has 1 aromatic heterocycles. The van der Waals surface area contributed by atoms with Crippen LogP contribution in [-0.4, -0.2) is 9.97 Å². The third kappa shape index (κ3) is 3.45. The Hall–Kier alpha value is -2.15. The molecule has 3 nitrogen and oxygen atoms in total.